The van der Waals surface area contributed by atoms with Crippen molar-refractivity contribution in [1.29, 1.82) is 0 Å². The van der Waals surface area contributed by atoms with Crippen LogP contribution in [0, 0.1) is 0 Å². The number of halogens is 2. The molecule has 0 radical (unpaired) electrons. The number of unbranched alkanes of at least 4 members (excludes halogenated alkanes) is 3. The molecule has 240 valence electrons. The average molecular weight is 742 g/mol. The van der Waals surface area contributed by atoms with Crippen LogP contribution in [0.4, 0.5) is 22.9 Å². The molecule has 0 aliphatic heterocycles. The van der Waals surface area contributed by atoms with Gasteiger partial charge in [0.15, 0.2) is 12.4 Å². The predicted octanol–water partition coefficient (Wildman–Crippen LogP) is -0.793. The summed E-state index contributed by atoms with van der Waals surface area (Å²) >= 11 is 0. The molecule has 0 aliphatic rings. The Bertz CT molecular complexity index is 1420. The number of aliphatic hydroxyl groups is 2. The van der Waals surface area contributed by atoms with Crippen LogP contribution in [0.2, 0.25) is 0 Å². The summed E-state index contributed by atoms with van der Waals surface area (Å²) in [7, 11) is 1.95. The number of aliphatic hydroxyl groups excluding tert-OH is 2. The fraction of sp³-hybridized carbons (Fsp3) is 0.324. The molecule has 4 aromatic rings. The van der Waals surface area contributed by atoms with Crippen molar-refractivity contribution in [2.75, 3.05) is 43.3 Å². The number of azo groups is 1. The van der Waals surface area contributed by atoms with Gasteiger partial charge in [-0.2, -0.15) is 5.10 Å². The van der Waals surface area contributed by atoms with Crippen LogP contribution in [-0.2, 0) is 13.1 Å². The molecule has 0 amide bonds. The molecule has 0 unspecified atom stereocenters. The Morgan fingerprint density at radius 3 is 1.98 bits per heavy atom. The molecule has 0 saturated heterocycles. The Labute approximate surface area is 287 Å². The molecule has 11 heteroatoms. The second-order valence-corrected chi connectivity index (χ2v) is 10.3. The first kappa shape index (κ1) is 37.7. The standard InChI is InChI=1S/C34H43N7O2.2BrH/c1-38(32-11-5-4-6-12-32)35-29-30-18-23-39(24-19-30)20-8-2-3-9-21-41-22-10-7-13-34(41)37-36-31-14-16-33(17-15-31)40(25-27-42)26-28-43;;/h4-7,10-19,22-24,29,42-43H,2-3,8-9,20-21,25-28H2,1H3;2*1H/q+2;;/p-2. The topological polar surface area (TPSA) is 91.8 Å². The second-order valence-electron chi connectivity index (χ2n) is 10.3. The van der Waals surface area contributed by atoms with Crippen molar-refractivity contribution in [2.24, 2.45) is 15.3 Å². The van der Waals surface area contributed by atoms with Crippen molar-refractivity contribution in [1.82, 2.24) is 0 Å². The third-order valence-corrected chi connectivity index (χ3v) is 7.13. The van der Waals surface area contributed by atoms with Crippen LogP contribution >= 0.6 is 0 Å². The summed E-state index contributed by atoms with van der Waals surface area (Å²) < 4.78 is 4.37. The van der Waals surface area contributed by atoms with Crippen LogP contribution in [0.15, 0.2) is 119 Å². The quantitative estimate of drug-likeness (QED) is 0.0489. The van der Waals surface area contributed by atoms with Crippen LogP contribution in [0.5, 0.6) is 0 Å². The van der Waals surface area contributed by atoms with Gasteiger partial charge in [0, 0.05) is 56.0 Å². The first-order valence-corrected chi connectivity index (χ1v) is 14.9. The maximum atomic E-state index is 9.26. The molecular formula is C34H43Br2N7O2. The monoisotopic (exact) mass is 739 g/mol. The van der Waals surface area contributed by atoms with Gasteiger partial charge in [-0.3, -0.25) is 5.01 Å². The third-order valence-electron chi connectivity index (χ3n) is 7.13. The number of anilines is 2. The number of rotatable bonds is 17. The first-order chi connectivity index (χ1) is 21.2. The highest BCUT2D eigenvalue weighted by Gasteiger charge is 2.10. The van der Waals surface area contributed by atoms with Gasteiger partial charge in [-0.1, -0.05) is 24.3 Å². The van der Waals surface area contributed by atoms with Gasteiger partial charge in [-0.15, -0.1) is 0 Å². The highest BCUT2D eigenvalue weighted by atomic mass is 79.9. The lowest BCUT2D eigenvalue weighted by molar-refractivity contribution is -0.697. The van der Waals surface area contributed by atoms with Gasteiger partial charge < -0.3 is 49.1 Å². The van der Waals surface area contributed by atoms with E-state index in [1.165, 1.54) is 0 Å². The van der Waals surface area contributed by atoms with E-state index in [2.05, 4.69) is 55.2 Å². The molecule has 4 rings (SSSR count). The van der Waals surface area contributed by atoms with Gasteiger partial charge in [0.2, 0.25) is 0 Å². The van der Waals surface area contributed by atoms with E-state index in [9.17, 15) is 10.2 Å². The Morgan fingerprint density at radius 2 is 1.31 bits per heavy atom. The van der Waals surface area contributed by atoms with E-state index in [4.69, 9.17) is 0 Å². The normalized spacial score (nSPS) is 10.9. The molecule has 2 heterocycles. The van der Waals surface area contributed by atoms with Crippen molar-refractivity contribution >= 4 is 29.1 Å². The minimum atomic E-state index is 0. The lowest BCUT2D eigenvalue weighted by Crippen LogP contribution is -3.00. The lowest BCUT2D eigenvalue weighted by Gasteiger charge is -2.22. The Kier molecular flexibility index (Phi) is 17.8. The van der Waals surface area contributed by atoms with E-state index >= 15 is 0 Å². The van der Waals surface area contributed by atoms with Gasteiger partial charge in [-0.25, -0.2) is 9.13 Å². The van der Waals surface area contributed by atoms with E-state index in [0.29, 0.717) is 13.1 Å². The Morgan fingerprint density at radius 1 is 0.667 bits per heavy atom. The predicted molar refractivity (Wildman–Crippen MR) is 171 cm³/mol. The fourth-order valence-electron chi connectivity index (χ4n) is 4.70. The molecule has 0 saturated carbocycles. The SMILES string of the molecule is CN(/N=C\c1cc[n+](CCCCCC[n+]2ccccc2N=Nc2ccc(N(CCO)CCO)cc2)cc1)c1ccccc1.[Br-].[Br-]. The van der Waals surface area contributed by atoms with Crippen LogP contribution < -0.4 is 53.0 Å². The average Bonchev–Trinajstić information content (AvgIpc) is 3.06. The van der Waals surface area contributed by atoms with Crippen molar-refractivity contribution in [2.45, 2.75) is 38.8 Å². The van der Waals surface area contributed by atoms with Crippen LogP contribution in [0.25, 0.3) is 0 Å². The molecule has 0 atom stereocenters. The van der Waals surface area contributed by atoms with Crippen molar-refractivity contribution in [3.8, 4) is 0 Å². The summed E-state index contributed by atoms with van der Waals surface area (Å²) in [5, 5.41) is 33.9. The minimum absolute atomic E-state index is 0. The van der Waals surface area contributed by atoms with Gasteiger partial charge in [0.25, 0.3) is 0 Å². The van der Waals surface area contributed by atoms with E-state index in [1.54, 1.807) is 0 Å². The molecule has 0 aliphatic carbocycles. The van der Waals surface area contributed by atoms with Gasteiger partial charge >= 0.3 is 5.82 Å². The molecule has 0 spiro atoms. The number of pyridine rings is 2. The zero-order valence-corrected chi connectivity index (χ0v) is 28.9. The van der Waals surface area contributed by atoms with Crippen LogP contribution in [-0.4, -0.2) is 49.8 Å². The number of hydrazone groups is 1. The molecule has 2 aromatic heterocycles. The van der Waals surface area contributed by atoms with Gasteiger partial charge in [0.1, 0.15) is 12.2 Å². The van der Waals surface area contributed by atoms with Crippen molar-refractivity contribution in [3.63, 3.8) is 0 Å². The van der Waals surface area contributed by atoms with Crippen molar-refractivity contribution in [3.05, 3.63) is 109 Å². The maximum Gasteiger partial charge on any atom is 0.350 e. The van der Waals surface area contributed by atoms with E-state index in [-0.39, 0.29) is 47.2 Å². The lowest BCUT2D eigenvalue weighted by atomic mass is 10.2. The number of aromatic nitrogens is 2. The van der Waals surface area contributed by atoms with E-state index in [1.807, 2.05) is 96.0 Å². The highest BCUT2D eigenvalue weighted by molar-refractivity contribution is 5.79. The Hall–Kier alpha value is -3.51. The van der Waals surface area contributed by atoms with Gasteiger partial charge in [-0.05, 0) is 66.8 Å². The molecular weight excluding hydrogens is 698 g/mol. The number of nitrogens with zero attached hydrogens (tertiary/aromatic N) is 7. The molecule has 0 bridgehead atoms. The third kappa shape index (κ3) is 12.8. The highest BCUT2D eigenvalue weighted by Crippen LogP contribution is 2.21. The Balaban J connectivity index is 0.00000353. The molecule has 9 nitrogen and oxygen atoms in total. The summed E-state index contributed by atoms with van der Waals surface area (Å²) in [5.41, 5.74) is 3.82. The van der Waals surface area contributed by atoms with Crippen molar-refractivity contribution < 1.29 is 53.3 Å². The second kappa shape index (κ2) is 21.3. The molecule has 2 aromatic carbocycles. The molecule has 45 heavy (non-hydrogen) atoms. The van der Waals surface area contributed by atoms with E-state index in [0.717, 1.165) is 67.2 Å². The number of benzene rings is 2. The molecule has 2 N–H and O–H groups in total. The minimum Gasteiger partial charge on any atom is -1.00 e. The number of para-hydroxylation sites is 1. The summed E-state index contributed by atoms with van der Waals surface area (Å²) in [6.07, 6.45) is 12.7. The van der Waals surface area contributed by atoms with Crippen LogP contribution in [0.3, 0.4) is 0 Å². The van der Waals surface area contributed by atoms with E-state index < -0.39 is 0 Å². The number of aryl methyl sites for hydroxylation is 2. The smallest absolute Gasteiger partial charge is 0.350 e. The largest absolute Gasteiger partial charge is 1.00 e. The molecule has 0 fully saturated rings. The first-order valence-electron chi connectivity index (χ1n) is 14.9. The van der Waals surface area contributed by atoms with Gasteiger partial charge in [0.05, 0.1) is 43.0 Å². The summed E-state index contributed by atoms with van der Waals surface area (Å²) in [5.74, 6) is 0.822. The fourth-order valence-corrected chi connectivity index (χ4v) is 4.70. The maximum absolute atomic E-state index is 9.26. The number of hydrogen-bond acceptors (Lipinski definition) is 7. The zero-order chi connectivity index (χ0) is 30.1. The summed E-state index contributed by atoms with van der Waals surface area (Å²) in [6, 6.07) is 28.0. The number of hydrogen-bond donors (Lipinski definition) is 2. The summed E-state index contributed by atoms with van der Waals surface area (Å²) in [6.45, 7) is 2.90. The van der Waals surface area contributed by atoms with Crippen LogP contribution in [0.1, 0.15) is 31.2 Å². The zero-order valence-electron chi connectivity index (χ0n) is 25.7. The summed E-state index contributed by atoms with van der Waals surface area (Å²) in [4.78, 5) is 1.93.